The van der Waals surface area contributed by atoms with Gasteiger partial charge >= 0.3 is 0 Å². The fourth-order valence-corrected chi connectivity index (χ4v) is 2.44. The van der Waals surface area contributed by atoms with Gasteiger partial charge < -0.3 is 10.2 Å². The molecule has 20 heavy (non-hydrogen) atoms. The van der Waals surface area contributed by atoms with Gasteiger partial charge in [0, 0.05) is 24.6 Å². The largest absolute Gasteiger partial charge is 0.326 e. The zero-order chi connectivity index (χ0) is 14.4. The maximum Gasteiger partial charge on any atom is 0.227 e. The van der Waals surface area contributed by atoms with Gasteiger partial charge in [-0.05, 0) is 44.1 Å². The summed E-state index contributed by atoms with van der Waals surface area (Å²) in [5.74, 6) is -0.429. The average Bonchev–Trinajstić information content (AvgIpc) is 2.45. The van der Waals surface area contributed by atoms with Crippen LogP contribution in [-0.4, -0.2) is 30.4 Å². The number of nitrogens with one attached hydrogen (secondary N) is 1. The molecule has 1 saturated heterocycles. The molecule has 0 spiro atoms. The van der Waals surface area contributed by atoms with E-state index in [9.17, 15) is 9.18 Å². The number of hydrogen-bond acceptors (Lipinski definition) is 3. The van der Waals surface area contributed by atoms with Crippen LogP contribution in [0.2, 0.25) is 0 Å². The molecule has 5 heteroatoms. The summed E-state index contributed by atoms with van der Waals surface area (Å²) < 4.78 is 13.0. The number of nitrogens with zero attached hydrogens (tertiary/aromatic N) is 2. The van der Waals surface area contributed by atoms with Crippen molar-refractivity contribution in [3.05, 3.63) is 30.1 Å². The minimum absolute atomic E-state index is 0.0309. The standard InChI is InChI=1S/C15H18FN3O/c16-13-3-1-4-14(11-13)18-15(20)12-5-9-19(10-6-12)8-2-7-17/h1,3-4,11-12H,2,5-6,8-10H2,(H,18,20). The lowest BCUT2D eigenvalue weighted by atomic mass is 9.95. The Morgan fingerprint density at radius 1 is 1.45 bits per heavy atom. The Bertz CT molecular complexity index is 504. The molecule has 0 bridgehead atoms. The third-order valence-corrected chi connectivity index (χ3v) is 3.59. The normalized spacial score (nSPS) is 16.6. The van der Waals surface area contributed by atoms with Crippen molar-refractivity contribution in [1.82, 2.24) is 4.90 Å². The summed E-state index contributed by atoms with van der Waals surface area (Å²) >= 11 is 0. The predicted octanol–water partition coefficient (Wildman–Crippen LogP) is 2.39. The molecule has 1 aliphatic heterocycles. The van der Waals surface area contributed by atoms with Gasteiger partial charge in [-0.3, -0.25) is 4.79 Å². The molecule has 0 aliphatic carbocycles. The SMILES string of the molecule is N#CCCN1CCC(C(=O)Nc2cccc(F)c2)CC1. The zero-order valence-corrected chi connectivity index (χ0v) is 11.3. The van der Waals surface area contributed by atoms with Crippen LogP contribution in [-0.2, 0) is 4.79 Å². The Morgan fingerprint density at radius 3 is 2.85 bits per heavy atom. The van der Waals surface area contributed by atoms with Crippen LogP contribution in [0, 0.1) is 23.1 Å². The number of piperidine rings is 1. The van der Waals surface area contributed by atoms with Crippen LogP contribution in [0.15, 0.2) is 24.3 Å². The van der Waals surface area contributed by atoms with Gasteiger partial charge in [0.05, 0.1) is 6.07 Å². The van der Waals surface area contributed by atoms with E-state index in [-0.39, 0.29) is 17.6 Å². The van der Waals surface area contributed by atoms with Gasteiger partial charge in [-0.15, -0.1) is 0 Å². The van der Waals surface area contributed by atoms with E-state index < -0.39 is 0 Å². The molecule has 1 aromatic rings. The highest BCUT2D eigenvalue weighted by Crippen LogP contribution is 2.19. The van der Waals surface area contributed by atoms with Crippen LogP contribution in [0.3, 0.4) is 0 Å². The third kappa shape index (κ3) is 4.04. The van der Waals surface area contributed by atoms with Gasteiger partial charge in [0.1, 0.15) is 5.82 Å². The maximum atomic E-state index is 13.0. The number of anilines is 1. The van der Waals surface area contributed by atoms with Crippen molar-refractivity contribution in [2.45, 2.75) is 19.3 Å². The molecule has 1 amide bonds. The van der Waals surface area contributed by atoms with Crippen LogP contribution in [0.5, 0.6) is 0 Å². The molecule has 1 heterocycles. The van der Waals surface area contributed by atoms with Gasteiger partial charge in [-0.2, -0.15) is 5.26 Å². The first-order chi connectivity index (χ1) is 9.69. The maximum absolute atomic E-state index is 13.0. The van der Waals surface area contributed by atoms with Crippen molar-refractivity contribution in [1.29, 1.82) is 5.26 Å². The average molecular weight is 275 g/mol. The van der Waals surface area contributed by atoms with Gasteiger partial charge in [-0.25, -0.2) is 4.39 Å². The Balaban J connectivity index is 1.82. The summed E-state index contributed by atoms with van der Waals surface area (Å²) in [5.41, 5.74) is 0.502. The number of amides is 1. The quantitative estimate of drug-likeness (QED) is 0.918. The molecule has 0 unspecified atom stereocenters. The van der Waals surface area contributed by atoms with Gasteiger partial charge in [0.25, 0.3) is 0 Å². The Morgan fingerprint density at radius 2 is 2.20 bits per heavy atom. The molecule has 0 aromatic heterocycles. The summed E-state index contributed by atoms with van der Waals surface area (Å²) in [4.78, 5) is 14.3. The number of halogens is 1. The van der Waals surface area contributed by atoms with E-state index in [4.69, 9.17) is 5.26 Å². The monoisotopic (exact) mass is 275 g/mol. The highest BCUT2D eigenvalue weighted by Gasteiger charge is 2.24. The van der Waals surface area contributed by atoms with Crippen molar-refractivity contribution in [3.8, 4) is 6.07 Å². The molecule has 1 N–H and O–H groups in total. The minimum atomic E-state index is -0.353. The molecule has 1 aliphatic rings. The second-order valence-corrected chi connectivity index (χ2v) is 5.02. The lowest BCUT2D eigenvalue weighted by Gasteiger charge is -2.30. The molecule has 2 rings (SSSR count). The minimum Gasteiger partial charge on any atom is -0.326 e. The molecular weight excluding hydrogens is 257 g/mol. The van der Waals surface area contributed by atoms with Crippen molar-refractivity contribution in [2.24, 2.45) is 5.92 Å². The fraction of sp³-hybridized carbons (Fsp3) is 0.467. The van der Waals surface area contributed by atoms with Crippen LogP contribution in [0.4, 0.5) is 10.1 Å². The molecule has 106 valence electrons. The number of nitriles is 1. The van der Waals surface area contributed by atoms with E-state index in [0.717, 1.165) is 32.5 Å². The summed E-state index contributed by atoms with van der Waals surface area (Å²) in [7, 11) is 0. The van der Waals surface area contributed by atoms with Crippen molar-refractivity contribution in [3.63, 3.8) is 0 Å². The van der Waals surface area contributed by atoms with Crippen molar-refractivity contribution in [2.75, 3.05) is 25.0 Å². The Hall–Kier alpha value is -1.93. The topological polar surface area (TPSA) is 56.1 Å². The molecule has 1 aromatic carbocycles. The summed E-state index contributed by atoms with van der Waals surface area (Å²) in [6.45, 7) is 2.45. The van der Waals surface area contributed by atoms with Crippen molar-refractivity contribution >= 4 is 11.6 Å². The Kier molecular flexibility index (Phi) is 5.08. The van der Waals surface area contributed by atoms with E-state index in [1.54, 1.807) is 12.1 Å². The van der Waals surface area contributed by atoms with Crippen LogP contribution in [0.1, 0.15) is 19.3 Å². The van der Waals surface area contributed by atoms with Gasteiger partial charge in [0.2, 0.25) is 5.91 Å². The second-order valence-electron chi connectivity index (χ2n) is 5.02. The van der Waals surface area contributed by atoms with E-state index in [2.05, 4.69) is 16.3 Å². The van der Waals surface area contributed by atoms with Gasteiger partial charge in [0.15, 0.2) is 0 Å². The highest BCUT2D eigenvalue weighted by molar-refractivity contribution is 5.92. The Labute approximate surface area is 118 Å². The molecule has 0 atom stereocenters. The number of hydrogen-bond donors (Lipinski definition) is 1. The van der Waals surface area contributed by atoms with E-state index >= 15 is 0 Å². The van der Waals surface area contributed by atoms with Crippen LogP contribution < -0.4 is 5.32 Å². The fourth-order valence-electron chi connectivity index (χ4n) is 2.44. The molecule has 4 nitrogen and oxygen atoms in total. The first-order valence-electron chi connectivity index (χ1n) is 6.85. The smallest absolute Gasteiger partial charge is 0.227 e. The third-order valence-electron chi connectivity index (χ3n) is 3.59. The number of carbonyl (C=O) groups excluding carboxylic acids is 1. The number of benzene rings is 1. The first kappa shape index (κ1) is 14.5. The van der Waals surface area contributed by atoms with Crippen molar-refractivity contribution < 1.29 is 9.18 Å². The van der Waals surface area contributed by atoms with E-state index in [1.165, 1.54) is 12.1 Å². The van der Waals surface area contributed by atoms with E-state index in [0.29, 0.717) is 12.1 Å². The first-order valence-corrected chi connectivity index (χ1v) is 6.85. The predicted molar refractivity (Wildman–Crippen MR) is 74.4 cm³/mol. The lowest BCUT2D eigenvalue weighted by Crippen LogP contribution is -2.38. The molecule has 0 radical (unpaired) electrons. The molecule has 0 saturated carbocycles. The number of carbonyl (C=O) groups is 1. The summed E-state index contributed by atoms with van der Waals surface area (Å²) in [5, 5.41) is 11.3. The summed E-state index contributed by atoms with van der Waals surface area (Å²) in [6, 6.07) is 8.06. The highest BCUT2D eigenvalue weighted by atomic mass is 19.1. The number of likely N-dealkylation sites (tertiary alicyclic amines) is 1. The second kappa shape index (κ2) is 7.01. The van der Waals surface area contributed by atoms with Crippen LogP contribution >= 0.6 is 0 Å². The van der Waals surface area contributed by atoms with Gasteiger partial charge in [-0.1, -0.05) is 6.07 Å². The van der Waals surface area contributed by atoms with Crippen LogP contribution in [0.25, 0.3) is 0 Å². The molecular formula is C15H18FN3O. The van der Waals surface area contributed by atoms with E-state index in [1.807, 2.05) is 0 Å². The summed E-state index contributed by atoms with van der Waals surface area (Å²) in [6.07, 6.45) is 2.10. The lowest BCUT2D eigenvalue weighted by molar-refractivity contribution is -0.121. The zero-order valence-electron chi connectivity index (χ0n) is 11.3. The number of rotatable bonds is 4. The molecule has 1 fully saturated rings.